The zero-order valence-corrected chi connectivity index (χ0v) is 18.0. The summed E-state index contributed by atoms with van der Waals surface area (Å²) < 4.78 is 2.36. The van der Waals surface area contributed by atoms with Gasteiger partial charge in [-0.05, 0) is 57.6 Å². The van der Waals surface area contributed by atoms with E-state index in [1.165, 1.54) is 0 Å². The molecule has 1 aromatic heterocycles. The van der Waals surface area contributed by atoms with Crippen molar-refractivity contribution in [3.8, 4) is 5.69 Å². The lowest BCUT2D eigenvalue weighted by Gasteiger charge is -2.24. The van der Waals surface area contributed by atoms with E-state index in [0.29, 0.717) is 17.0 Å². The highest BCUT2D eigenvalue weighted by Gasteiger charge is 2.24. The maximum atomic E-state index is 12.6. The van der Waals surface area contributed by atoms with Crippen LogP contribution in [-0.2, 0) is 6.42 Å². The van der Waals surface area contributed by atoms with Crippen LogP contribution in [0.3, 0.4) is 0 Å². The third kappa shape index (κ3) is 5.54. The molecule has 0 aliphatic carbocycles. The van der Waals surface area contributed by atoms with Crippen molar-refractivity contribution >= 4 is 18.2 Å². The standard InChI is InChI=1S/C22H27N5OS/c1-15-10-12-17(13-11-15)27-19(25-26-21(27)29)18(14-16-8-6-5-7-9-16)23-20(28)24-22(2,3)4/h5-13,18H,14H2,1-4H3,(H,26,29)(H2,23,24,28)/t18-/m1/s1. The molecule has 3 aromatic rings. The van der Waals surface area contributed by atoms with E-state index in [1.54, 1.807) is 0 Å². The Balaban J connectivity index is 1.99. The van der Waals surface area contributed by atoms with Crippen LogP contribution in [0.4, 0.5) is 4.79 Å². The zero-order chi connectivity index (χ0) is 21.0. The van der Waals surface area contributed by atoms with Gasteiger partial charge in [-0.2, -0.15) is 5.10 Å². The fourth-order valence-corrected chi connectivity index (χ4v) is 3.32. The Hall–Kier alpha value is -2.93. The summed E-state index contributed by atoms with van der Waals surface area (Å²) in [6.07, 6.45) is 0.587. The number of carbonyl (C=O) groups is 1. The number of hydrogen-bond donors (Lipinski definition) is 3. The predicted octanol–water partition coefficient (Wildman–Crippen LogP) is 4.62. The minimum atomic E-state index is -0.367. The highest BCUT2D eigenvalue weighted by atomic mass is 32.1. The first-order valence-electron chi connectivity index (χ1n) is 9.60. The Labute approximate surface area is 176 Å². The Kier molecular flexibility index (Phi) is 6.17. The number of aromatic amines is 1. The first-order chi connectivity index (χ1) is 13.7. The van der Waals surface area contributed by atoms with Gasteiger partial charge in [0.15, 0.2) is 10.6 Å². The molecule has 2 amide bonds. The summed E-state index contributed by atoms with van der Waals surface area (Å²) in [5.41, 5.74) is 2.82. The second kappa shape index (κ2) is 8.61. The third-order valence-electron chi connectivity index (χ3n) is 4.38. The summed E-state index contributed by atoms with van der Waals surface area (Å²) in [5.74, 6) is 0.659. The molecule has 7 heteroatoms. The predicted molar refractivity (Wildman–Crippen MR) is 118 cm³/mol. The van der Waals surface area contributed by atoms with Crippen LogP contribution in [0.25, 0.3) is 5.69 Å². The molecule has 1 atom stereocenters. The molecular weight excluding hydrogens is 382 g/mol. The number of nitrogens with one attached hydrogen (secondary N) is 3. The summed E-state index contributed by atoms with van der Waals surface area (Å²) in [5, 5.41) is 13.4. The number of urea groups is 1. The molecule has 6 nitrogen and oxygen atoms in total. The Morgan fingerprint density at radius 2 is 1.79 bits per heavy atom. The van der Waals surface area contributed by atoms with Gasteiger partial charge in [0.2, 0.25) is 0 Å². The van der Waals surface area contributed by atoms with Gasteiger partial charge in [-0.15, -0.1) is 0 Å². The van der Waals surface area contributed by atoms with Crippen molar-refractivity contribution < 1.29 is 4.79 Å². The number of aromatic nitrogens is 3. The largest absolute Gasteiger partial charge is 0.334 e. The summed E-state index contributed by atoms with van der Waals surface area (Å²) in [4.78, 5) is 12.6. The Morgan fingerprint density at radius 3 is 2.41 bits per heavy atom. The molecule has 0 spiro atoms. The SMILES string of the molecule is Cc1ccc(-n2c([C@@H](Cc3ccccc3)NC(=O)NC(C)(C)C)n[nH]c2=S)cc1. The molecule has 0 bridgehead atoms. The summed E-state index contributed by atoms with van der Waals surface area (Å²) in [7, 11) is 0. The maximum Gasteiger partial charge on any atom is 0.315 e. The summed E-state index contributed by atoms with van der Waals surface area (Å²) in [6.45, 7) is 7.87. The number of amides is 2. The lowest BCUT2D eigenvalue weighted by molar-refractivity contribution is 0.227. The topological polar surface area (TPSA) is 74.7 Å². The van der Waals surface area contributed by atoms with Crippen molar-refractivity contribution in [1.82, 2.24) is 25.4 Å². The number of H-pyrrole nitrogens is 1. The van der Waals surface area contributed by atoms with Crippen LogP contribution in [-0.4, -0.2) is 26.3 Å². The summed E-state index contributed by atoms with van der Waals surface area (Å²) in [6, 6.07) is 17.5. The molecule has 3 rings (SSSR count). The van der Waals surface area contributed by atoms with Crippen molar-refractivity contribution in [2.24, 2.45) is 0 Å². The third-order valence-corrected chi connectivity index (χ3v) is 4.65. The van der Waals surface area contributed by atoms with E-state index >= 15 is 0 Å². The molecule has 0 radical (unpaired) electrons. The van der Waals surface area contributed by atoms with Crippen LogP contribution in [0, 0.1) is 11.7 Å². The van der Waals surface area contributed by atoms with Gasteiger partial charge >= 0.3 is 6.03 Å². The van der Waals surface area contributed by atoms with Crippen LogP contribution < -0.4 is 10.6 Å². The molecular formula is C22H27N5OS. The fourth-order valence-electron chi connectivity index (χ4n) is 3.08. The van der Waals surface area contributed by atoms with Crippen LogP contribution in [0.15, 0.2) is 54.6 Å². The number of hydrogen-bond acceptors (Lipinski definition) is 3. The van der Waals surface area contributed by atoms with Gasteiger partial charge in [0.1, 0.15) is 0 Å². The average Bonchev–Trinajstić information content (AvgIpc) is 3.03. The fraction of sp³-hybridized carbons (Fsp3) is 0.318. The van der Waals surface area contributed by atoms with Crippen molar-refractivity contribution in [1.29, 1.82) is 0 Å². The normalized spacial score (nSPS) is 12.4. The smallest absolute Gasteiger partial charge is 0.315 e. The van der Waals surface area contributed by atoms with Crippen LogP contribution in [0.2, 0.25) is 0 Å². The van der Waals surface area contributed by atoms with E-state index in [2.05, 4.69) is 20.8 Å². The molecule has 0 aliphatic rings. The van der Waals surface area contributed by atoms with Gasteiger partial charge in [-0.25, -0.2) is 4.79 Å². The van der Waals surface area contributed by atoms with Gasteiger partial charge in [0, 0.05) is 17.6 Å². The van der Waals surface area contributed by atoms with Crippen molar-refractivity contribution in [2.45, 2.75) is 45.7 Å². The molecule has 1 heterocycles. The van der Waals surface area contributed by atoms with Gasteiger partial charge < -0.3 is 10.6 Å². The first kappa shape index (κ1) is 20.8. The van der Waals surface area contributed by atoms with Gasteiger partial charge in [0.05, 0.1) is 6.04 Å². The highest BCUT2D eigenvalue weighted by Crippen LogP contribution is 2.21. The number of aryl methyl sites for hydroxylation is 1. The minimum absolute atomic E-state index is 0.247. The Bertz CT molecular complexity index is 1020. The molecule has 0 fully saturated rings. The number of nitrogens with zero attached hydrogens (tertiary/aromatic N) is 2. The number of benzene rings is 2. The molecule has 152 valence electrons. The second-order valence-corrected chi connectivity index (χ2v) is 8.54. The zero-order valence-electron chi connectivity index (χ0n) is 17.2. The molecule has 0 unspecified atom stereocenters. The Morgan fingerprint density at radius 1 is 1.14 bits per heavy atom. The van der Waals surface area contributed by atoms with Crippen LogP contribution >= 0.6 is 12.2 Å². The monoisotopic (exact) mass is 409 g/mol. The van der Waals surface area contributed by atoms with Gasteiger partial charge in [0.25, 0.3) is 0 Å². The van der Waals surface area contributed by atoms with E-state index < -0.39 is 0 Å². The lowest BCUT2D eigenvalue weighted by Crippen LogP contribution is -2.48. The summed E-state index contributed by atoms with van der Waals surface area (Å²) >= 11 is 5.49. The van der Waals surface area contributed by atoms with Gasteiger partial charge in [-0.1, -0.05) is 48.0 Å². The quantitative estimate of drug-likeness (QED) is 0.538. The highest BCUT2D eigenvalue weighted by molar-refractivity contribution is 7.71. The lowest BCUT2D eigenvalue weighted by atomic mass is 10.0. The van der Waals surface area contributed by atoms with Crippen molar-refractivity contribution in [2.75, 3.05) is 0 Å². The molecule has 0 aliphatic heterocycles. The van der Waals surface area contributed by atoms with Crippen molar-refractivity contribution in [3.63, 3.8) is 0 Å². The van der Waals surface area contributed by atoms with Crippen molar-refractivity contribution in [3.05, 3.63) is 76.3 Å². The van der Waals surface area contributed by atoms with Crippen LogP contribution in [0.5, 0.6) is 0 Å². The van der Waals surface area contributed by atoms with E-state index in [-0.39, 0.29) is 17.6 Å². The van der Waals surface area contributed by atoms with E-state index in [1.807, 2.05) is 86.9 Å². The number of carbonyl (C=O) groups excluding carboxylic acids is 1. The molecule has 2 aromatic carbocycles. The van der Waals surface area contributed by atoms with E-state index in [9.17, 15) is 4.79 Å². The average molecular weight is 410 g/mol. The number of rotatable bonds is 5. The first-order valence-corrected chi connectivity index (χ1v) is 10.0. The van der Waals surface area contributed by atoms with Crippen LogP contribution in [0.1, 0.15) is 43.8 Å². The van der Waals surface area contributed by atoms with Gasteiger partial charge in [-0.3, -0.25) is 9.67 Å². The molecule has 3 N–H and O–H groups in total. The molecule has 0 saturated carbocycles. The molecule has 29 heavy (non-hydrogen) atoms. The van der Waals surface area contributed by atoms with E-state index in [0.717, 1.165) is 16.8 Å². The second-order valence-electron chi connectivity index (χ2n) is 8.15. The molecule has 0 saturated heterocycles. The minimum Gasteiger partial charge on any atom is -0.334 e. The van der Waals surface area contributed by atoms with E-state index in [4.69, 9.17) is 12.2 Å². The maximum absolute atomic E-state index is 12.6.